The zero-order chi connectivity index (χ0) is 19.7. The Morgan fingerprint density at radius 1 is 1.26 bits per heavy atom. The standard InChI is InChI=1S/C19H29F3N4O/c1-3-23-18(24-11-14-25(2)15-19(20,21)22)26-12-9-17(10-13-26)27-16-7-5-4-6-8-16/h4-8,17H,3,9-15H2,1-2H3,(H,23,24). The summed E-state index contributed by atoms with van der Waals surface area (Å²) in [7, 11) is 1.46. The number of likely N-dealkylation sites (N-methyl/N-ethyl adjacent to an activating group) is 1. The first kappa shape index (κ1) is 21.3. The van der Waals surface area contributed by atoms with Gasteiger partial charge in [0, 0.05) is 39.0 Å². The van der Waals surface area contributed by atoms with Crippen LogP contribution in [0.1, 0.15) is 19.8 Å². The van der Waals surface area contributed by atoms with Crippen molar-refractivity contribution < 1.29 is 17.9 Å². The second kappa shape index (κ2) is 10.4. The molecule has 0 aromatic heterocycles. The number of hydrogen-bond donors (Lipinski definition) is 1. The molecule has 0 aliphatic carbocycles. The summed E-state index contributed by atoms with van der Waals surface area (Å²) in [5.41, 5.74) is 0. The number of guanidine groups is 1. The van der Waals surface area contributed by atoms with Gasteiger partial charge in [0.25, 0.3) is 0 Å². The molecular weight excluding hydrogens is 357 g/mol. The maximum Gasteiger partial charge on any atom is 0.401 e. The molecule has 0 atom stereocenters. The van der Waals surface area contributed by atoms with Crippen molar-refractivity contribution in [2.24, 2.45) is 4.99 Å². The lowest BCUT2D eigenvalue weighted by Gasteiger charge is -2.34. The van der Waals surface area contributed by atoms with Gasteiger partial charge in [-0.15, -0.1) is 0 Å². The van der Waals surface area contributed by atoms with Crippen molar-refractivity contribution in [2.75, 3.05) is 46.3 Å². The lowest BCUT2D eigenvalue weighted by atomic mass is 10.1. The summed E-state index contributed by atoms with van der Waals surface area (Å²) in [5, 5.41) is 3.23. The van der Waals surface area contributed by atoms with Crippen molar-refractivity contribution in [3.63, 3.8) is 0 Å². The van der Waals surface area contributed by atoms with E-state index < -0.39 is 12.7 Å². The van der Waals surface area contributed by atoms with Crippen molar-refractivity contribution in [2.45, 2.75) is 32.0 Å². The van der Waals surface area contributed by atoms with Crippen LogP contribution in [0, 0.1) is 0 Å². The summed E-state index contributed by atoms with van der Waals surface area (Å²) in [4.78, 5) is 7.89. The maximum atomic E-state index is 12.4. The molecular formula is C19H29F3N4O. The Bertz CT molecular complexity index is 572. The van der Waals surface area contributed by atoms with Crippen LogP contribution in [-0.2, 0) is 0 Å². The third-order valence-corrected chi connectivity index (χ3v) is 4.31. The fourth-order valence-electron chi connectivity index (χ4n) is 3.01. The first-order valence-electron chi connectivity index (χ1n) is 9.37. The van der Waals surface area contributed by atoms with Crippen LogP contribution in [-0.4, -0.2) is 74.4 Å². The van der Waals surface area contributed by atoms with Gasteiger partial charge in [-0.05, 0) is 26.1 Å². The van der Waals surface area contributed by atoms with Crippen LogP contribution in [0.25, 0.3) is 0 Å². The van der Waals surface area contributed by atoms with Crippen LogP contribution < -0.4 is 10.1 Å². The van der Waals surface area contributed by atoms with E-state index in [1.165, 1.54) is 11.9 Å². The molecule has 1 saturated heterocycles. The highest BCUT2D eigenvalue weighted by Gasteiger charge is 2.29. The fraction of sp³-hybridized carbons (Fsp3) is 0.632. The Morgan fingerprint density at radius 3 is 2.52 bits per heavy atom. The highest BCUT2D eigenvalue weighted by molar-refractivity contribution is 5.80. The van der Waals surface area contributed by atoms with Gasteiger partial charge in [-0.2, -0.15) is 13.2 Å². The highest BCUT2D eigenvalue weighted by Crippen LogP contribution is 2.19. The predicted octanol–water partition coefficient (Wildman–Crippen LogP) is 2.99. The number of hydrogen-bond acceptors (Lipinski definition) is 3. The van der Waals surface area contributed by atoms with Gasteiger partial charge in [0.15, 0.2) is 5.96 Å². The molecule has 1 aliphatic rings. The monoisotopic (exact) mass is 386 g/mol. The third-order valence-electron chi connectivity index (χ3n) is 4.31. The van der Waals surface area contributed by atoms with Gasteiger partial charge in [-0.3, -0.25) is 9.89 Å². The number of rotatable bonds is 7. The van der Waals surface area contributed by atoms with Gasteiger partial charge < -0.3 is 15.0 Å². The number of likely N-dealkylation sites (tertiary alicyclic amines) is 1. The topological polar surface area (TPSA) is 40.1 Å². The number of ether oxygens (including phenoxy) is 1. The summed E-state index contributed by atoms with van der Waals surface area (Å²) in [5.74, 6) is 1.64. The zero-order valence-electron chi connectivity index (χ0n) is 16.0. The molecule has 0 spiro atoms. The minimum atomic E-state index is -4.18. The Kier molecular flexibility index (Phi) is 8.22. The minimum absolute atomic E-state index is 0.171. The number of aliphatic imine (C=N–C) groups is 1. The van der Waals surface area contributed by atoms with E-state index in [-0.39, 0.29) is 12.6 Å². The average molecular weight is 386 g/mol. The van der Waals surface area contributed by atoms with Crippen molar-refractivity contribution in [3.05, 3.63) is 30.3 Å². The lowest BCUT2D eigenvalue weighted by Crippen LogP contribution is -2.47. The molecule has 1 heterocycles. The molecule has 0 unspecified atom stereocenters. The van der Waals surface area contributed by atoms with E-state index in [4.69, 9.17) is 4.74 Å². The van der Waals surface area contributed by atoms with Gasteiger partial charge in [0.05, 0.1) is 13.1 Å². The Morgan fingerprint density at radius 2 is 1.93 bits per heavy atom. The van der Waals surface area contributed by atoms with E-state index in [0.29, 0.717) is 6.54 Å². The Balaban J connectivity index is 1.81. The van der Waals surface area contributed by atoms with Gasteiger partial charge >= 0.3 is 6.18 Å². The molecule has 5 nitrogen and oxygen atoms in total. The van der Waals surface area contributed by atoms with Crippen LogP contribution >= 0.6 is 0 Å². The summed E-state index contributed by atoms with van der Waals surface area (Å²) in [6.45, 7) is 4.00. The van der Waals surface area contributed by atoms with Crippen molar-refractivity contribution >= 4 is 5.96 Å². The summed E-state index contributed by atoms with van der Waals surface area (Å²) in [6, 6.07) is 9.78. The fourth-order valence-corrected chi connectivity index (χ4v) is 3.01. The van der Waals surface area contributed by atoms with Gasteiger partial charge in [-0.25, -0.2) is 0 Å². The van der Waals surface area contributed by atoms with Crippen LogP contribution in [0.4, 0.5) is 13.2 Å². The molecule has 27 heavy (non-hydrogen) atoms. The normalized spacial score (nSPS) is 16.7. The number of para-hydroxylation sites is 1. The molecule has 152 valence electrons. The second-order valence-corrected chi connectivity index (χ2v) is 6.71. The Hall–Kier alpha value is -1.96. The third kappa shape index (κ3) is 8.07. The molecule has 1 aromatic rings. The summed E-state index contributed by atoms with van der Waals surface area (Å²) in [6.07, 6.45) is -2.24. The number of halogens is 3. The lowest BCUT2D eigenvalue weighted by molar-refractivity contribution is -0.142. The van der Waals surface area contributed by atoms with E-state index >= 15 is 0 Å². The Labute approximate surface area is 159 Å². The molecule has 1 fully saturated rings. The number of nitrogens with zero attached hydrogens (tertiary/aromatic N) is 3. The minimum Gasteiger partial charge on any atom is -0.490 e. The van der Waals surface area contributed by atoms with Gasteiger partial charge in [0.2, 0.25) is 0 Å². The van der Waals surface area contributed by atoms with Crippen LogP contribution in [0.3, 0.4) is 0 Å². The van der Waals surface area contributed by atoms with E-state index in [1.54, 1.807) is 0 Å². The first-order chi connectivity index (χ1) is 12.9. The van der Waals surface area contributed by atoms with Gasteiger partial charge in [-0.1, -0.05) is 18.2 Å². The summed E-state index contributed by atoms with van der Waals surface area (Å²) < 4.78 is 43.2. The van der Waals surface area contributed by atoms with Gasteiger partial charge in [0.1, 0.15) is 11.9 Å². The maximum absolute atomic E-state index is 12.4. The van der Waals surface area contributed by atoms with Crippen molar-refractivity contribution in [1.29, 1.82) is 0 Å². The quantitative estimate of drug-likeness (QED) is 0.578. The SMILES string of the molecule is CCNC(=NCCN(C)CC(F)(F)F)N1CCC(Oc2ccccc2)CC1. The number of nitrogens with one attached hydrogen (secondary N) is 1. The number of piperidine rings is 1. The largest absolute Gasteiger partial charge is 0.490 e. The molecule has 0 radical (unpaired) electrons. The van der Waals surface area contributed by atoms with Crippen LogP contribution in [0.2, 0.25) is 0 Å². The van der Waals surface area contributed by atoms with E-state index in [1.807, 2.05) is 37.3 Å². The molecule has 1 aromatic carbocycles. The molecule has 1 N–H and O–H groups in total. The van der Waals surface area contributed by atoms with Crippen molar-refractivity contribution in [1.82, 2.24) is 15.1 Å². The van der Waals surface area contributed by atoms with E-state index in [2.05, 4.69) is 15.2 Å². The van der Waals surface area contributed by atoms with Crippen molar-refractivity contribution in [3.8, 4) is 5.75 Å². The molecule has 0 amide bonds. The molecule has 0 bridgehead atoms. The van der Waals surface area contributed by atoms with E-state index in [0.717, 1.165) is 44.2 Å². The number of alkyl halides is 3. The molecule has 1 aliphatic heterocycles. The average Bonchev–Trinajstić information content (AvgIpc) is 2.61. The van der Waals surface area contributed by atoms with Crippen LogP contribution in [0.15, 0.2) is 35.3 Å². The zero-order valence-corrected chi connectivity index (χ0v) is 16.0. The first-order valence-corrected chi connectivity index (χ1v) is 9.37. The predicted molar refractivity (Wildman–Crippen MR) is 101 cm³/mol. The molecule has 2 rings (SSSR count). The summed E-state index contributed by atoms with van der Waals surface area (Å²) >= 11 is 0. The molecule has 8 heteroatoms. The molecule has 0 saturated carbocycles. The van der Waals surface area contributed by atoms with Crippen LogP contribution in [0.5, 0.6) is 5.75 Å². The smallest absolute Gasteiger partial charge is 0.401 e. The highest BCUT2D eigenvalue weighted by atomic mass is 19.4. The van der Waals surface area contributed by atoms with E-state index in [9.17, 15) is 13.2 Å². The number of benzene rings is 1. The second-order valence-electron chi connectivity index (χ2n) is 6.71.